The molecule has 96 valence electrons. The third-order valence-corrected chi connectivity index (χ3v) is 2.02. The van der Waals surface area contributed by atoms with Gasteiger partial charge in [0.1, 0.15) is 0 Å². The van der Waals surface area contributed by atoms with Gasteiger partial charge >= 0.3 is 0 Å². The maximum absolute atomic E-state index is 8.29. The van der Waals surface area contributed by atoms with Gasteiger partial charge in [0.25, 0.3) is 0 Å². The molecule has 0 saturated carbocycles. The number of hydrogen-bond donors (Lipinski definition) is 2. The first-order valence-electron chi connectivity index (χ1n) is 6.05. The Morgan fingerprint density at radius 3 is 1.13 bits per heavy atom. The number of unbranched alkanes of at least 4 members (excludes halogenated alkanes) is 6. The molecule has 0 fully saturated rings. The molecule has 0 aromatic heterocycles. The molecule has 0 aromatic rings. The van der Waals surface area contributed by atoms with Crippen LogP contribution >= 0.6 is 13.5 Å². The molecule has 2 N–H and O–H groups in total. The van der Waals surface area contributed by atoms with Crippen molar-refractivity contribution in [3.63, 3.8) is 0 Å². The lowest BCUT2D eigenvalue weighted by Gasteiger charge is -1.90. The van der Waals surface area contributed by atoms with Gasteiger partial charge in [-0.3, -0.25) is 0 Å². The molecule has 0 heterocycles. The molecule has 0 aliphatic heterocycles. The molecule has 0 saturated heterocycles. The van der Waals surface area contributed by atoms with Gasteiger partial charge in [-0.15, -0.1) is 0 Å². The fraction of sp³-hybridized carbons (Fsp3) is 1.00. The Kier molecular flexibility index (Phi) is 32.8. The molecular weight excluding hydrogens is 208 g/mol. The average molecular weight is 238 g/mol. The first-order valence-corrected chi connectivity index (χ1v) is 6.05. The van der Waals surface area contributed by atoms with Gasteiger partial charge in [0, 0.05) is 13.2 Å². The summed E-state index contributed by atoms with van der Waals surface area (Å²) < 4.78 is 0. The maximum Gasteiger partial charge on any atom is 0.0431 e. The van der Waals surface area contributed by atoms with Gasteiger partial charge in [-0.2, -0.15) is 13.5 Å². The van der Waals surface area contributed by atoms with Crippen LogP contribution in [0.5, 0.6) is 0 Å². The van der Waals surface area contributed by atoms with E-state index in [-0.39, 0.29) is 13.5 Å². The Morgan fingerprint density at radius 2 is 0.933 bits per heavy atom. The van der Waals surface area contributed by atoms with E-state index in [1.165, 1.54) is 38.5 Å². The molecule has 0 rings (SSSR count). The van der Waals surface area contributed by atoms with Crippen LogP contribution in [0.1, 0.15) is 65.2 Å². The normalized spacial score (nSPS) is 8.80. The highest BCUT2D eigenvalue weighted by Gasteiger charge is 1.81. The second-order valence-electron chi connectivity index (χ2n) is 3.57. The molecule has 0 amide bonds. The molecule has 0 aliphatic carbocycles. The predicted octanol–water partition coefficient (Wildman–Crippen LogP) is 3.23. The summed E-state index contributed by atoms with van der Waals surface area (Å²) in [6.45, 7) is 5.05. The summed E-state index contributed by atoms with van der Waals surface area (Å²) in [7, 11) is 0. The van der Waals surface area contributed by atoms with Gasteiger partial charge in [0.2, 0.25) is 0 Å². The van der Waals surface area contributed by atoms with Gasteiger partial charge in [-0.05, 0) is 12.8 Å². The summed E-state index contributed by atoms with van der Waals surface area (Å²) in [6.07, 6.45) is 9.36. The standard InChI is InChI=1S/2C6H14O.H2S/c2*1-2-3-4-5-6-7;/h2*7H,2-6H2,1H3;1H2. The zero-order chi connectivity index (χ0) is 11.1. The molecular formula is C12H30O2S. The Balaban J connectivity index is -0.000000180. The molecule has 0 bridgehead atoms. The van der Waals surface area contributed by atoms with Gasteiger partial charge in [-0.25, -0.2) is 0 Å². The molecule has 3 heteroatoms. The summed E-state index contributed by atoms with van der Waals surface area (Å²) in [5.74, 6) is 0. The van der Waals surface area contributed by atoms with Crippen molar-refractivity contribution >= 4 is 13.5 Å². The Hall–Kier alpha value is 0.270. The van der Waals surface area contributed by atoms with Crippen molar-refractivity contribution in [1.82, 2.24) is 0 Å². The predicted molar refractivity (Wildman–Crippen MR) is 72.8 cm³/mol. The van der Waals surface area contributed by atoms with Gasteiger partial charge in [0.15, 0.2) is 0 Å². The van der Waals surface area contributed by atoms with Crippen LogP contribution in [0, 0.1) is 0 Å². The summed E-state index contributed by atoms with van der Waals surface area (Å²) >= 11 is 0. The lowest BCUT2D eigenvalue weighted by molar-refractivity contribution is 0.282. The van der Waals surface area contributed by atoms with Gasteiger partial charge in [0.05, 0.1) is 0 Å². The third kappa shape index (κ3) is 31.4. The summed E-state index contributed by atoms with van der Waals surface area (Å²) in [5.41, 5.74) is 0. The Bertz CT molecular complexity index is 62.0. The van der Waals surface area contributed by atoms with Crippen molar-refractivity contribution < 1.29 is 10.2 Å². The number of aliphatic hydroxyl groups excluding tert-OH is 2. The fourth-order valence-electron chi connectivity index (χ4n) is 1.08. The van der Waals surface area contributed by atoms with Crippen LogP contribution in [0.15, 0.2) is 0 Å². The zero-order valence-electron chi connectivity index (χ0n) is 10.5. The largest absolute Gasteiger partial charge is 0.396 e. The molecule has 2 nitrogen and oxygen atoms in total. The highest BCUT2D eigenvalue weighted by Crippen LogP contribution is 1.96. The van der Waals surface area contributed by atoms with E-state index >= 15 is 0 Å². The van der Waals surface area contributed by atoms with Crippen molar-refractivity contribution in [3.8, 4) is 0 Å². The number of aliphatic hydroxyl groups is 2. The molecule has 0 unspecified atom stereocenters. The highest BCUT2D eigenvalue weighted by molar-refractivity contribution is 7.59. The van der Waals surface area contributed by atoms with E-state index in [0.29, 0.717) is 13.2 Å². The quantitative estimate of drug-likeness (QED) is 0.637. The van der Waals surface area contributed by atoms with E-state index in [1.54, 1.807) is 0 Å². The van der Waals surface area contributed by atoms with Crippen molar-refractivity contribution in [3.05, 3.63) is 0 Å². The molecule has 0 aliphatic rings. The fourth-order valence-corrected chi connectivity index (χ4v) is 1.08. The molecule has 0 spiro atoms. The number of hydrogen-bond acceptors (Lipinski definition) is 2. The van der Waals surface area contributed by atoms with Crippen LogP contribution < -0.4 is 0 Å². The van der Waals surface area contributed by atoms with Crippen molar-refractivity contribution in [2.45, 2.75) is 65.2 Å². The lowest BCUT2D eigenvalue weighted by Crippen LogP contribution is -1.80. The first kappa shape index (κ1) is 20.7. The third-order valence-electron chi connectivity index (χ3n) is 2.02. The average Bonchev–Trinajstić information content (AvgIpc) is 2.21. The van der Waals surface area contributed by atoms with E-state index < -0.39 is 0 Å². The van der Waals surface area contributed by atoms with Crippen LogP contribution in [0.3, 0.4) is 0 Å². The Labute approximate surface area is 103 Å². The molecule has 0 radical (unpaired) electrons. The second-order valence-corrected chi connectivity index (χ2v) is 3.57. The van der Waals surface area contributed by atoms with Crippen LogP contribution in [0.25, 0.3) is 0 Å². The van der Waals surface area contributed by atoms with E-state index in [9.17, 15) is 0 Å². The van der Waals surface area contributed by atoms with E-state index in [1.807, 2.05) is 0 Å². The highest BCUT2D eigenvalue weighted by atomic mass is 32.1. The maximum atomic E-state index is 8.29. The van der Waals surface area contributed by atoms with Crippen LogP contribution in [-0.2, 0) is 0 Å². The first-order chi connectivity index (χ1) is 6.83. The topological polar surface area (TPSA) is 40.5 Å². The van der Waals surface area contributed by atoms with Crippen LogP contribution in [0.2, 0.25) is 0 Å². The van der Waals surface area contributed by atoms with Crippen LogP contribution in [-0.4, -0.2) is 23.4 Å². The van der Waals surface area contributed by atoms with Crippen molar-refractivity contribution in [2.75, 3.05) is 13.2 Å². The van der Waals surface area contributed by atoms with Crippen molar-refractivity contribution in [2.24, 2.45) is 0 Å². The van der Waals surface area contributed by atoms with Crippen LogP contribution in [0.4, 0.5) is 0 Å². The number of rotatable bonds is 8. The molecule has 0 aromatic carbocycles. The molecule has 0 atom stereocenters. The minimum Gasteiger partial charge on any atom is -0.396 e. The van der Waals surface area contributed by atoms with Gasteiger partial charge < -0.3 is 10.2 Å². The minimum atomic E-state index is 0. The Morgan fingerprint density at radius 1 is 0.600 bits per heavy atom. The minimum absolute atomic E-state index is 0. The summed E-state index contributed by atoms with van der Waals surface area (Å²) in [6, 6.07) is 0. The van der Waals surface area contributed by atoms with E-state index in [2.05, 4.69) is 13.8 Å². The monoisotopic (exact) mass is 238 g/mol. The van der Waals surface area contributed by atoms with Gasteiger partial charge in [-0.1, -0.05) is 52.4 Å². The molecule has 15 heavy (non-hydrogen) atoms. The lowest BCUT2D eigenvalue weighted by atomic mass is 10.2. The summed E-state index contributed by atoms with van der Waals surface area (Å²) in [4.78, 5) is 0. The van der Waals surface area contributed by atoms with E-state index in [0.717, 1.165) is 12.8 Å². The van der Waals surface area contributed by atoms with E-state index in [4.69, 9.17) is 10.2 Å². The SMILES string of the molecule is CCCCCCO.CCCCCCO.S. The summed E-state index contributed by atoms with van der Waals surface area (Å²) in [5, 5.41) is 16.6. The zero-order valence-corrected chi connectivity index (χ0v) is 11.5. The second kappa shape index (κ2) is 23.8. The smallest absolute Gasteiger partial charge is 0.0431 e. The van der Waals surface area contributed by atoms with Crippen molar-refractivity contribution in [1.29, 1.82) is 0 Å².